The summed E-state index contributed by atoms with van der Waals surface area (Å²) in [6.45, 7) is 7.74. The second kappa shape index (κ2) is 7.06. The number of aromatic nitrogens is 2. The van der Waals surface area contributed by atoms with Crippen molar-refractivity contribution in [3.05, 3.63) is 41.7 Å². The molecule has 1 aromatic carbocycles. The van der Waals surface area contributed by atoms with Crippen molar-refractivity contribution in [2.75, 3.05) is 7.11 Å². The Kier molecular flexibility index (Phi) is 4.99. The number of esters is 1. The summed E-state index contributed by atoms with van der Waals surface area (Å²) < 4.78 is 11.1. The monoisotopic (exact) mass is 354 g/mol. The van der Waals surface area contributed by atoms with Crippen LogP contribution in [0.4, 0.5) is 0 Å². The molecule has 3 rings (SSSR count). The lowest BCUT2D eigenvalue weighted by molar-refractivity contribution is -0.156. The van der Waals surface area contributed by atoms with Gasteiger partial charge < -0.3 is 9.47 Å². The molecule has 1 heterocycles. The van der Waals surface area contributed by atoms with Crippen molar-refractivity contribution in [1.29, 1.82) is 0 Å². The van der Waals surface area contributed by atoms with Crippen LogP contribution in [0.1, 0.15) is 51.3 Å². The molecule has 1 fully saturated rings. The molecule has 0 amide bonds. The van der Waals surface area contributed by atoms with Gasteiger partial charge in [0.05, 0.1) is 24.9 Å². The van der Waals surface area contributed by atoms with E-state index in [0.29, 0.717) is 0 Å². The maximum absolute atomic E-state index is 12.4. The van der Waals surface area contributed by atoms with Crippen LogP contribution in [-0.4, -0.2) is 28.9 Å². The van der Waals surface area contributed by atoms with Crippen molar-refractivity contribution in [3.8, 4) is 16.9 Å². The van der Waals surface area contributed by atoms with E-state index in [2.05, 4.69) is 29.3 Å². The number of nitrogens with zero attached hydrogens (tertiary/aromatic N) is 2. The topological polar surface area (TPSA) is 61.3 Å². The summed E-state index contributed by atoms with van der Waals surface area (Å²) in [4.78, 5) is 12.4. The van der Waals surface area contributed by atoms with Crippen LogP contribution < -0.4 is 4.74 Å². The zero-order valence-corrected chi connectivity index (χ0v) is 16.1. The predicted octanol–water partition coefficient (Wildman–Crippen LogP) is 4.16. The van der Waals surface area contributed by atoms with Gasteiger partial charge in [0.2, 0.25) is 0 Å². The molecule has 1 aliphatic rings. The molecule has 0 spiro atoms. The number of carbonyl (C=O) groups excluding carboxylic acids is 1. The Morgan fingerprint density at radius 3 is 2.65 bits per heavy atom. The SMILES string of the molecule is CCc1cc(-c2ccc(OC)c(C3CC3C(=O)OC(C)(C)C)c2)cnn1. The molecule has 5 heteroatoms. The van der Waals surface area contributed by atoms with Crippen LogP contribution in [0.25, 0.3) is 11.1 Å². The van der Waals surface area contributed by atoms with Crippen LogP contribution in [0.2, 0.25) is 0 Å². The predicted molar refractivity (Wildman–Crippen MR) is 100 cm³/mol. The summed E-state index contributed by atoms with van der Waals surface area (Å²) in [5.41, 5.74) is 3.62. The summed E-state index contributed by atoms with van der Waals surface area (Å²) in [5.74, 6) is 0.719. The number of carbonyl (C=O) groups is 1. The number of benzene rings is 1. The molecule has 0 N–H and O–H groups in total. The zero-order chi connectivity index (χ0) is 18.9. The average molecular weight is 354 g/mol. The highest BCUT2D eigenvalue weighted by Gasteiger charge is 2.47. The molecule has 0 bridgehead atoms. The number of hydrogen-bond acceptors (Lipinski definition) is 5. The molecule has 1 aliphatic carbocycles. The fraction of sp³-hybridized carbons (Fsp3) is 0.476. The third-order valence-corrected chi connectivity index (χ3v) is 4.53. The van der Waals surface area contributed by atoms with Gasteiger partial charge in [-0.05, 0) is 62.9 Å². The number of hydrogen-bond donors (Lipinski definition) is 0. The molecule has 5 nitrogen and oxygen atoms in total. The molecule has 0 saturated heterocycles. The van der Waals surface area contributed by atoms with Gasteiger partial charge in [-0.15, -0.1) is 0 Å². The summed E-state index contributed by atoms with van der Waals surface area (Å²) >= 11 is 0. The summed E-state index contributed by atoms with van der Waals surface area (Å²) in [6.07, 6.45) is 3.40. The molecule has 138 valence electrons. The molecule has 26 heavy (non-hydrogen) atoms. The van der Waals surface area contributed by atoms with Gasteiger partial charge >= 0.3 is 5.97 Å². The van der Waals surface area contributed by atoms with Crippen LogP contribution in [-0.2, 0) is 16.0 Å². The molecular formula is C21H26N2O3. The van der Waals surface area contributed by atoms with E-state index in [1.165, 1.54) is 0 Å². The van der Waals surface area contributed by atoms with Crippen molar-refractivity contribution < 1.29 is 14.3 Å². The Labute approximate surface area is 154 Å². The van der Waals surface area contributed by atoms with Crippen molar-refractivity contribution >= 4 is 5.97 Å². The maximum Gasteiger partial charge on any atom is 0.310 e. The normalized spacial score (nSPS) is 19.1. The van der Waals surface area contributed by atoms with E-state index in [-0.39, 0.29) is 17.8 Å². The minimum Gasteiger partial charge on any atom is -0.496 e. The van der Waals surface area contributed by atoms with Gasteiger partial charge in [-0.2, -0.15) is 10.2 Å². The maximum atomic E-state index is 12.4. The Bertz CT molecular complexity index is 811. The largest absolute Gasteiger partial charge is 0.496 e. The fourth-order valence-electron chi connectivity index (χ4n) is 3.12. The number of ether oxygens (including phenoxy) is 2. The van der Waals surface area contributed by atoms with E-state index in [1.807, 2.05) is 32.9 Å². The van der Waals surface area contributed by atoms with E-state index in [0.717, 1.165) is 41.0 Å². The van der Waals surface area contributed by atoms with Crippen molar-refractivity contribution in [3.63, 3.8) is 0 Å². The second-order valence-corrected chi connectivity index (χ2v) is 7.73. The molecule has 2 aromatic rings. The molecule has 2 unspecified atom stereocenters. The quantitative estimate of drug-likeness (QED) is 0.755. The first-order valence-electron chi connectivity index (χ1n) is 9.05. The lowest BCUT2D eigenvalue weighted by Gasteiger charge is -2.19. The number of methoxy groups -OCH3 is 1. The van der Waals surface area contributed by atoms with E-state index >= 15 is 0 Å². The highest BCUT2D eigenvalue weighted by molar-refractivity contribution is 5.78. The van der Waals surface area contributed by atoms with Crippen LogP contribution in [0.3, 0.4) is 0 Å². The Morgan fingerprint density at radius 1 is 1.23 bits per heavy atom. The Hall–Kier alpha value is -2.43. The zero-order valence-electron chi connectivity index (χ0n) is 16.1. The molecule has 0 aliphatic heterocycles. The highest BCUT2D eigenvalue weighted by Crippen LogP contribution is 2.52. The van der Waals surface area contributed by atoms with Gasteiger partial charge in [0.25, 0.3) is 0 Å². The smallest absolute Gasteiger partial charge is 0.310 e. The van der Waals surface area contributed by atoms with E-state index in [1.54, 1.807) is 13.3 Å². The van der Waals surface area contributed by atoms with Gasteiger partial charge in [-0.25, -0.2) is 0 Å². The average Bonchev–Trinajstić information content (AvgIpc) is 3.40. The third-order valence-electron chi connectivity index (χ3n) is 4.53. The second-order valence-electron chi connectivity index (χ2n) is 7.73. The first kappa shape index (κ1) is 18.4. The minimum atomic E-state index is -0.463. The fourth-order valence-corrected chi connectivity index (χ4v) is 3.12. The van der Waals surface area contributed by atoms with E-state index in [9.17, 15) is 4.79 Å². The number of rotatable bonds is 5. The van der Waals surface area contributed by atoms with Crippen LogP contribution in [0.15, 0.2) is 30.5 Å². The first-order valence-corrected chi connectivity index (χ1v) is 9.05. The highest BCUT2D eigenvalue weighted by atomic mass is 16.6. The van der Waals surface area contributed by atoms with Crippen molar-refractivity contribution in [1.82, 2.24) is 10.2 Å². The molecular weight excluding hydrogens is 328 g/mol. The molecule has 1 aromatic heterocycles. The lowest BCUT2D eigenvalue weighted by atomic mass is 10.00. The molecule has 1 saturated carbocycles. The van der Waals surface area contributed by atoms with Crippen molar-refractivity contribution in [2.45, 2.75) is 52.1 Å². The van der Waals surface area contributed by atoms with Crippen LogP contribution >= 0.6 is 0 Å². The number of aryl methyl sites for hydroxylation is 1. The summed E-state index contributed by atoms with van der Waals surface area (Å²) in [7, 11) is 1.66. The van der Waals surface area contributed by atoms with Crippen LogP contribution in [0.5, 0.6) is 5.75 Å². The Morgan fingerprint density at radius 2 is 2.00 bits per heavy atom. The molecule has 0 radical (unpaired) electrons. The van der Waals surface area contributed by atoms with E-state index in [4.69, 9.17) is 9.47 Å². The van der Waals surface area contributed by atoms with Gasteiger partial charge in [-0.3, -0.25) is 4.79 Å². The van der Waals surface area contributed by atoms with Crippen molar-refractivity contribution in [2.24, 2.45) is 5.92 Å². The van der Waals surface area contributed by atoms with Gasteiger partial charge in [0.1, 0.15) is 11.4 Å². The van der Waals surface area contributed by atoms with Gasteiger partial charge in [-0.1, -0.05) is 13.0 Å². The van der Waals surface area contributed by atoms with Gasteiger partial charge in [0, 0.05) is 11.5 Å². The van der Waals surface area contributed by atoms with E-state index < -0.39 is 5.60 Å². The molecule has 2 atom stereocenters. The van der Waals surface area contributed by atoms with Gasteiger partial charge in [0.15, 0.2) is 0 Å². The minimum absolute atomic E-state index is 0.0971. The lowest BCUT2D eigenvalue weighted by Crippen LogP contribution is -2.25. The van der Waals surface area contributed by atoms with Crippen LogP contribution in [0, 0.1) is 5.92 Å². The summed E-state index contributed by atoms with van der Waals surface area (Å²) in [6, 6.07) is 8.13. The first-order chi connectivity index (χ1) is 12.3. The third kappa shape index (κ3) is 4.03. The standard InChI is InChI=1S/C21H26N2O3/c1-6-15-9-14(12-22-23-15)13-7-8-19(25-5)17(10-13)16-11-18(16)20(24)26-21(2,3)4/h7-10,12,16,18H,6,11H2,1-5H3. The Balaban J connectivity index is 1.87. The summed E-state index contributed by atoms with van der Waals surface area (Å²) in [5, 5.41) is 8.21.